The molecule has 0 saturated carbocycles. The summed E-state index contributed by atoms with van der Waals surface area (Å²) >= 11 is 1.35. The first-order valence-corrected chi connectivity index (χ1v) is 11.7. The number of thiazole rings is 1. The molecule has 2 aromatic heterocycles. The highest BCUT2D eigenvalue weighted by Crippen LogP contribution is 2.31. The van der Waals surface area contributed by atoms with E-state index in [-0.39, 0.29) is 22.2 Å². The third kappa shape index (κ3) is 4.19. The summed E-state index contributed by atoms with van der Waals surface area (Å²) in [6.45, 7) is 1.85. The van der Waals surface area contributed by atoms with Gasteiger partial charge in [0.25, 0.3) is 5.91 Å². The third-order valence-corrected chi connectivity index (χ3v) is 6.92. The van der Waals surface area contributed by atoms with Crippen LogP contribution in [-0.4, -0.2) is 19.3 Å². The second kappa shape index (κ2) is 8.25. The number of benzene rings is 2. The zero-order valence-corrected chi connectivity index (χ0v) is 17.7. The topological polar surface area (TPSA) is 80.5 Å². The quantitative estimate of drug-likeness (QED) is 0.423. The van der Waals surface area contributed by atoms with Crippen LogP contribution in [0.5, 0.6) is 0 Å². The molecule has 0 saturated heterocycles. The van der Waals surface area contributed by atoms with Gasteiger partial charge in [-0.25, -0.2) is 18.3 Å². The maximum absolute atomic E-state index is 13.3. The van der Waals surface area contributed by atoms with Crippen molar-refractivity contribution >= 4 is 37.9 Å². The Morgan fingerprint density at radius 1 is 1.00 bits per heavy atom. The van der Waals surface area contributed by atoms with Gasteiger partial charge in [0, 0.05) is 5.38 Å². The minimum absolute atomic E-state index is 0.0463. The van der Waals surface area contributed by atoms with Crippen LogP contribution >= 0.6 is 11.3 Å². The summed E-state index contributed by atoms with van der Waals surface area (Å²) in [5, 5.41) is 2.37. The molecule has 0 aliphatic rings. The summed E-state index contributed by atoms with van der Waals surface area (Å²) in [4.78, 5) is 19.4. The molecule has 8 heteroatoms. The van der Waals surface area contributed by atoms with E-state index in [9.17, 15) is 13.2 Å². The van der Waals surface area contributed by atoms with Crippen molar-refractivity contribution < 1.29 is 17.6 Å². The molecule has 0 fully saturated rings. The van der Waals surface area contributed by atoms with Crippen LogP contribution in [0, 0.1) is 6.92 Å². The van der Waals surface area contributed by atoms with E-state index in [4.69, 9.17) is 4.42 Å². The zero-order valence-electron chi connectivity index (χ0n) is 16.1. The Hall–Kier alpha value is -3.23. The first kappa shape index (κ1) is 20.1. The molecule has 0 aliphatic heterocycles. The molecule has 0 radical (unpaired) electrons. The summed E-state index contributed by atoms with van der Waals surface area (Å²) in [5.41, 5.74) is 1.45. The van der Waals surface area contributed by atoms with Gasteiger partial charge in [-0.3, -0.25) is 4.79 Å². The fraction of sp³-hybridized carbons (Fsp3) is 0.0909. The fourth-order valence-electron chi connectivity index (χ4n) is 2.91. The molecule has 4 rings (SSSR count). The highest BCUT2D eigenvalue weighted by Gasteiger charge is 2.26. The molecular formula is C22H18N2O4S2. The van der Waals surface area contributed by atoms with Crippen LogP contribution in [0.15, 0.2) is 87.5 Å². The van der Waals surface area contributed by atoms with Crippen molar-refractivity contribution in [2.24, 2.45) is 0 Å². The SMILES string of the molecule is Cc1csc(N(C(=O)c2ccc(CS(=O)(=O)c3ccccc3)o2)c2ccccc2)n1. The van der Waals surface area contributed by atoms with Gasteiger partial charge < -0.3 is 4.42 Å². The lowest BCUT2D eigenvalue weighted by Crippen LogP contribution is -2.25. The number of carbonyl (C=O) groups is 1. The fourth-order valence-corrected chi connectivity index (χ4v) is 5.00. The van der Waals surface area contributed by atoms with Crippen molar-refractivity contribution in [3.8, 4) is 0 Å². The molecule has 4 aromatic rings. The molecule has 0 N–H and O–H groups in total. The minimum Gasteiger partial charge on any atom is -0.455 e. The maximum atomic E-state index is 13.3. The van der Waals surface area contributed by atoms with Gasteiger partial charge in [0.1, 0.15) is 11.5 Å². The van der Waals surface area contributed by atoms with Crippen molar-refractivity contribution in [3.63, 3.8) is 0 Å². The van der Waals surface area contributed by atoms with Crippen LogP contribution < -0.4 is 4.90 Å². The number of sulfone groups is 1. The molecule has 2 aromatic carbocycles. The highest BCUT2D eigenvalue weighted by molar-refractivity contribution is 7.90. The molecular weight excluding hydrogens is 420 g/mol. The number of aromatic nitrogens is 1. The lowest BCUT2D eigenvalue weighted by molar-refractivity contribution is 0.0971. The van der Waals surface area contributed by atoms with Crippen LogP contribution in [-0.2, 0) is 15.6 Å². The molecule has 1 amide bonds. The van der Waals surface area contributed by atoms with E-state index in [1.807, 2.05) is 30.5 Å². The van der Waals surface area contributed by atoms with Crippen LogP contribution in [0.25, 0.3) is 0 Å². The van der Waals surface area contributed by atoms with E-state index >= 15 is 0 Å². The van der Waals surface area contributed by atoms with Gasteiger partial charge in [0.05, 0.1) is 16.3 Å². The van der Waals surface area contributed by atoms with E-state index in [2.05, 4.69) is 4.98 Å². The summed E-state index contributed by atoms with van der Waals surface area (Å²) in [6.07, 6.45) is 0. The molecule has 0 unspecified atom stereocenters. The number of para-hydroxylation sites is 1. The van der Waals surface area contributed by atoms with Gasteiger partial charge in [-0.15, -0.1) is 11.3 Å². The van der Waals surface area contributed by atoms with Crippen LogP contribution in [0.3, 0.4) is 0 Å². The number of anilines is 2. The van der Waals surface area contributed by atoms with Gasteiger partial charge in [-0.2, -0.15) is 0 Å². The van der Waals surface area contributed by atoms with E-state index in [1.54, 1.807) is 30.3 Å². The molecule has 152 valence electrons. The van der Waals surface area contributed by atoms with Gasteiger partial charge >= 0.3 is 0 Å². The molecule has 0 atom stereocenters. The predicted octanol–water partition coefficient (Wildman–Crippen LogP) is 5.00. The predicted molar refractivity (Wildman–Crippen MR) is 116 cm³/mol. The van der Waals surface area contributed by atoms with Gasteiger partial charge in [-0.05, 0) is 43.3 Å². The summed E-state index contributed by atoms with van der Waals surface area (Å²) in [6, 6.07) is 20.3. The van der Waals surface area contributed by atoms with Crippen LogP contribution in [0.1, 0.15) is 22.0 Å². The minimum atomic E-state index is -3.58. The van der Waals surface area contributed by atoms with Gasteiger partial charge in [-0.1, -0.05) is 36.4 Å². The van der Waals surface area contributed by atoms with Crippen molar-refractivity contribution in [2.75, 3.05) is 4.90 Å². The maximum Gasteiger partial charge on any atom is 0.300 e. The monoisotopic (exact) mass is 438 g/mol. The standard InChI is InChI=1S/C22H18N2O4S2/c1-16-14-29-22(23-16)24(17-8-4-2-5-9-17)21(25)20-13-12-18(28-20)15-30(26,27)19-10-6-3-7-11-19/h2-14H,15H2,1H3. The molecule has 6 nitrogen and oxygen atoms in total. The number of carbonyl (C=O) groups excluding carboxylic acids is 1. The van der Waals surface area contributed by atoms with Crippen molar-refractivity contribution in [3.05, 3.63) is 95.4 Å². The van der Waals surface area contributed by atoms with Crippen molar-refractivity contribution in [1.82, 2.24) is 4.98 Å². The summed E-state index contributed by atoms with van der Waals surface area (Å²) in [5.74, 6) is -0.499. The Bertz CT molecular complexity index is 1260. The van der Waals surface area contributed by atoms with Gasteiger partial charge in [0.2, 0.25) is 0 Å². The van der Waals surface area contributed by atoms with Crippen molar-refractivity contribution in [1.29, 1.82) is 0 Å². The van der Waals surface area contributed by atoms with E-state index < -0.39 is 15.7 Å². The lowest BCUT2D eigenvalue weighted by atomic mass is 10.3. The highest BCUT2D eigenvalue weighted by atomic mass is 32.2. The Balaban J connectivity index is 1.63. The second-order valence-corrected chi connectivity index (χ2v) is 9.41. The summed E-state index contributed by atoms with van der Waals surface area (Å²) < 4.78 is 30.8. The smallest absolute Gasteiger partial charge is 0.300 e. The number of furan rings is 1. The van der Waals surface area contributed by atoms with Crippen LogP contribution in [0.2, 0.25) is 0 Å². The average Bonchev–Trinajstić information content (AvgIpc) is 3.38. The molecule has 0 spiro atoms. The normalized spacial score (nSPS) is 11.4. The lowest BCUT2D eigenvalue weighted by Gasteiger charge is -2.18. The first-order chi connectivity index (χ1) is 14.4. The number of aryl methyl sites for hydroxylation is 1. The zero-order chi connectivity index (χ0) is 21.1. The molecule has 30 heavy (non-hydrogen) atoms. The first-order valence-electron chi connectivity index (χ1n) is 9.12. The van der Waals surface area contributed by atoms with E-state index in [1.165, 1.54) is 40.5 Å². The Labute approximate surface area is 178 Å². The van der Waals surface area contributed by atoms with Crippen molar-refractivity contribution in [2.45, 2.75) is 17.6 Å². The average molecular weight is 439 g/mol. The summed E-state index contributed by atoms with van der Waals surface area (Å²) in [7, 11) is -3.58. The number of rotatable bonds is 6. The Morgan fingerprint density at radius 3 is 2.30 bits per heavy atom. The van der Waals surface area contributed by atoms with Gasteiger partial charge in [0.15, 0.2) is 20.7 Å². The Morgan fingerprint density at radius 2 is 1.67 bits per heavy atom. The number of hydrogen-bond acceptors (Lipinski definition) is 6. The van der Waals surface area contributed by atoms with E-state index in [0.29, 0.717) is 10.8 Å². The second-order valence-electron chi connectivity index (χ2n) is 6.59. The van der Waals surface area contributed by atoms with Crippen LogP contribution in [0.4, 0.5) is 10.8 Å². The number of nitrogens with zero attached hydrogens (tertiary/aromatic N) is 2. The molecule has 0 aliphatic carbocycles. The van der Waals surface area contributed by atoms with E-state index in [0.717, 1.165) is 5.69 Å². The molecule has 0 bridgehead atoms. The number of amides is 1. The largest absolute Gasteiger partial charge is 0.455 e. The third-order valence-electron chi connectivity index (χ3n) is 4.32. The number of hydrogen-bond donors (Lipinski definition) is 0. The molecule has 2 heterocycles. The Kier molecular flexibility index (Phi) is 5.52.